The Morgan fingerprint density at radius 2 is 1.86 bits per heavy atom. The van der Waals surface area contributed by atoms with E-state index in [0.29, 0.717) is 11.4 Å². The number of para-hydroxylation sites is 1. The Bertz CT molecular complexity index is 645. The van der Waals surface area contributed by atoms with Crippen molar-refractivity contribution in [1.29, 1.82) is 0 Å². The number of halogens is 1. The van der Waals surface area contributed by atoms with Gasteiger partial charge >= 0.3 is 5.97 Å². The molecule has 2 aromatic rings. The summed E-state index contributed by atoms with van der Waals surface area (Å²) in [6, 6.07) is 17.3. The zero-order valence-corrected chi connectivity index (χ0v) is 12.9. The molecule has 0 saturated carbocycles. The van der Waals surface area contributed by atoms with E-state index in [1.54, 1.807) is 5.06 Å². The van der Waals surface area contributed by atoms with Gasteiger partial charge in [0.25, 0.3) is 0 Å². The molecule has 0 amide bonds. The quantitative estimate of drug-likeness (QED) is 0.798. The average Bonchev–Trinajstić information content (AvgIpc) is 2.92. The summed E-state index contributed by atoms with van der Waals surface area (Å²) in [5.74, 6) is -0.352. The van der Waals surface area contributed by atoms with E-state index in [9.17, 15) is 4.79 Å². The van der Waals surface area contributed by atoms with E-state index in [-0.39, 0.29) is 12.0 Å². The fourth-order valence-corrected chi connectivity index (χ4v) is 2.67. The topological polar surface area (TPSA) is 38.8 Å². The second-order valence-corrected chi connectivity index (χ2v) is 5.55. The second kappa shape index (κ2) is 6.38. The third kappa shape index (κ3) is 3.24. The summed E-state index contributed by atoms with van der Waals surface area (Å²) in [4.78, 5) is 17.0. The van der Waals surface area contributed by atoms with Crippen molar-refractivity contribution in [2.75, 3.05) is 5.06 Å². The molecule has 1 fully saturated rings. The molecule has 22 heavy (non-hydrogen) atoms. The highest BCUT2D eigenvalue weighted by Gasteiger charge is 2.36. The van der Waals surface area contributed by atoms with E-state index < -0.39 is 6.29 Å². The SMILES string of the molecule is CC(=O)O[C@@H]1C[C@@H](c2ccc(Cl)cc2)N(c2ccccc2)O1. The fraction of sp³-hybridized carbons (Fsp3) is 0.235. The highest BCUT2D eigenvalue weighted by Crippen LogP contribution is 2.38. The van der Waals surface area contributed by atoms with Gasteiger partial charge in [0.1, 0.15) is 0 Å². The molecule has 5 heteroatoms. The molecule has 0 unspecified atom stereocenters. The van der Waals surface area contributed by atoms with Crippen LogP contribution in [0.1, 0.15) is 24.9 Å². The van der Waals surface area contributed by atoms with Crippen LogP contribution in [0.25, 0.3) is 0 Å². The van der Waals surface area contributed by atoms with Crippen molar-refractivity contribution in [1.82, 2.24) is 0 Å². The molecule has 1 saturated heterocycles. The molecular weight excluding hydrogens is 302 g/mol. The van der Waals surface area contributed by atoms with Crippen LogP contribution in [0.4, 0.5) is 5.69 Å². The van der Waals surface area contributed by atoms with Crippen LogP contribution in [0.5, 0.6) is 0 Å². The van der Waals surface area contributed by atoms with Gasteiger partial charge in [-0.15, -0.1) is 0 Å². The van der Waals surface area contributed by atoms with Gasteiger partial charge in [-0.05, 0) is 29.8 Å². The van der Waals surface area contributed by atoms with Crippen LogP contribution >= 0.6 is 11.6 Å². The van der Waals surface area contributed by atoms with Crippen LogP contribution in [-0.2, 0) is 14.4 Å². The number of hydroxylamine groups is 1. The fourth-order valence-electron chi connectivity index (χ4n) is 2.55. The molecule has 1 heterocycles. The number of nitrogens with zero attached hydrogens (tertiary/aromatic N) is 1. The van der Waals surface area contributed by atoms with Gasteiger partial charge in [-0.25, -0.2) is 9.90 Å². The number of benzene rings is 2. The number of rotatable bonds is 3. The average molecular weight is 318 g/mol. The van der Waals surface area contributed by atoms with Crippen LogP contribution in [0.15, 0.2) is 54.6 Å². The smallest absolute Gasteiger partial charge is 0.305 e. The molecule has 0 aliphatic carbocycles. The number of anilines is 1. The Labute approximate surface area is 134 Å². The monoisotopic (exact) mass is 317 g/mol. The minimum absolute atomic E-state index is 0.0379. The first-order valence-electron chi connectivity index (χ1n) is 7.07. The first-order chi connectivity index (χ1) is 10.6. The highest BCUT2D eigenvalue weighted by atomic mass is 35.5. The van der Waals surface area contributed by atoms with Crippen molar-refractivity contribution in [3.8, 4) is 0 Å². The van der Waals surface area contributed by atoms with E-state index in [1.807, 2.05) is 54.6 Å². The molecule has 114 valence electrons. The second-order valence-electron chi connectivity index (χ2n) is 5.11. The first kappa shape index (κ1) is 14.9. The minimum Gasteiger partial charge on any atom is -0.434 e. The summed E-state index contributed by atoms with van der Waals surface area (Å²) < 4.78 is 5.21. The van der Waals surface area contributed by atoms with E-state index in [1.165, 1.54) is 6.92 Å². The number of ether oxygens (including phenoxy) is 1. The predicted molar refractivity (Wildman–Crippen MR) is 84.4 cm³/mol. The van der Waals surface area contributed by atoms with Crippen LogP contribution < -0.4 is 5.06 Å². The molecule has 2 atom stereocenters. The standard InChI is InChI=1S/C17H16ClNO3/c1-12(20)21-17-11-16(13-7-9-14(18)10-8-13)19(22-17)15-5-3-2-4-6-15/h2-10,16-17H,11H2,1H3/t16-,17-/m0/s1. The van der Waals surface area contributed by atoms with Gasteiger partial charge in [-0.1, -0.05) is 41.9 Å². The molecule has 1 aliphatic heterocycles. The van der Waals surface area contributed by atoms with E-state index in [2.05, 4.69) is 0 Å². The number of hydrogen-bond acceptors (Lipinski definition) is 4. The largest absolute Gasteiger partial charge is 0.434 e. The van der Waals surface area contributed by atoms with Crippen molar-refractivity contribution in [3.63, 3.8) is 0 Å². The lowest BCUT2D eigenvalue weighted by atomic mass is 10.0. The maximum atomic E-state index is 11.2. The van der Waals surface area contributed by atoms with Crippen molar-refractivity contribution in [2.24, 2.45) is 0 Å². The first-order valence-corrected chi connectivity index (χ1v) is 7.45. The molecule has 0 bridgehead atoms. The van der Waals surface area contributed by atoms with E-state index in [4.69, 9.17) is 21.2 Å². The van der Waals surface area contributed by atoms with Crippen LogP contribution in [0.3, 0.4) is 0 Å². The third-order valence-corrected chi connectivity index (χ3v) is 3.74. The molecule has 0 aromatic heterocycles. The maximum absolute atomic E-state index is 11.2. The summed E-state index contributed by atoms with van der Waals surface area (Å²) in [5, 5.41) is 2.47. The third-order valence-electron chi connectivity index (χ3n) is 3.49. The van der Waals surface area contributed by atoms with E-state index in [0.717, 1.165) is 11.3 Å². The van der Waals surface area contributed by atoms with Crippen LogP contribution in [0, 0.1) is 0 Å². The summed E-state index contributed by atoms with van der Waals surface area (Å²) in [6.07, 6.45) is -0.0192. The maximum Gasteiger partial charge on any atom is 0.305 e. The number of esters is 1. The lowest BCUT2D eigenvalue weighted by molar-refractivity contribution is -0.168. The lowest BCUT2D eigenvalue weighted by Crippen LogP contribution is -2.23. The van der Waals surface area contributed by atoms with Gasteiger partial charge < -0.3 is 4.74 Å². The van der Waals surface area contributed by atoms with Gasteiger partial charge in [-0.3, -0.25) is 4.79 Å². The molecule has 0 N–H and O–H groups in total. The molecule has 2 aromatic carbocycles. The molecule has 0 radical (unpaired) electrons. The molecule has 3 rings (SSSR count). The van der Waals surface area contributed by atoms with Crippen LogP contribution in [0.2, 0.25) is 5.02 Å². The van der Waals surface area contributed by atoms with Crippen molar-refractivity contribution in [2.45, 2.75) is 25.7 Å². The molecule has 0 spiro atoms. The Balaban J connectivity index is 1.89. The summed E-state index contributed by atoms with van der Waals surface area (Å²) in [7, 11) is 0. The Hall–Kier alpha value is -2.04. The van der Waals surface area contributed by atoms with Gasteiger partial charge in [0.15, 0.2) is 0 Å². The zero-order chi connectivity index (χ0) is 15.5. The summed E-state index contributed by atoms with van der Waals surface area (Å²) in [6.45, 7) is 1.38. The number of carbonyl (C=O) groups is 1. The number of hydrogen-bond donors (Lipinski definition) is 0. The molecule has 4 nitrogen and oxygen atoms in total. The molecule has 1 aliphatic rings. The Morgan fingerprint density at radius 1 is 1.18 bits per heavy atom. The molecular formula is C17H16ClNO3. The van der Waals surface area contributed by atoms with Gasteiger partial charge in [0, 0.05) is 18.4 Å². The Morgan fingerprint density at radius 3 is 2.50 bits per heavy atom. The van der Waals surface area contributed by atoms with Crippen molar-refractivity contribution in [3.05, 3.63) is 65.2 Å². The summed E-state index contributed by atoms with van der Waals surface area (Å²) >= 11 is 5.96. The number of carbonyl (C=O) groups excluding carboxylic acids is 1. The highest BCUT2D eigenvalue weighted by molar-refractivity contribution is 6.30. The lowest BCUT2D eigenvalue weighted by Gasteiger charge is -2.24. The van der Waals surface area contributed by atoms with Gasteiger partial charge in [-0.2, -0.15) is 0 Å². The normalized spacial score (nSPS) is 20.9. The summed E-state index contributed by atoms with van der Waals surface area (Å²) in [5.41, 5.74) is 1.97. The Kier molecular flexibility index (Phi) is 4.32. The van der Waals surface area contributed by atoms with Gasteiger partial charge in [0.2, 0.25) is 6.29 Å². The van der Waals surface area contributed by atoms with E-state index >= 15 is 0 Å². The van der Waals surface area contributed by atoms with Crippen molar-refractivity contribution < 1.29 is 14.4 Å². The minimum atomic E-state index is -0.585. The van der Waals surface area contributed by atoms with Crippen LogP contribution in [-0.4, -0.2) is 12.3 Å². The van der Waals surface area contributed by atoms with Crippen molar-refractivity contribution >= 4 is 23.3 Å². The van der Waals surface area contributed by atoms with Gasteiger partial charge in [0.05, 0.1) is 11.7 Å². The predicted octanol–water partition coefficient (Wildman–Crippen LogP) is 4.11. The zero-order valence-electron chi connectivity index (χ0n) is 12.1.